The first-order valence-corrected chi connectivity index (χ1v) is 7.81. The minimum Gasteiger partial charge on any atom is -0.325 e. The molecule has 2 aromatic rings. The quantitative estimate of drug-likeness (QED) is 0.937. The van der Waals surface area contributed by atoms with Crippen molar-refractivity contribution in [3.8, 4) is 0 Å². The predicted octanol–water partition coefficient (Wildman–Crippen LogP) is 3.53. The van der Waals surface area contributed by atoms with E-state index in [0.717, 1.165) is 35.4 Å². The standard InChI is InChI=1S/C15H20BrN3/c1-10(2)19-14-4-3-12(16)8-13(14)18-15(19)7-11-5-6-17-9-11/h3-4,8,10-11,17H,5-7,9H2,1-2H3. The third-order valence-electron chi connectivity index (χ3n) is 3.87. The highest BCUT2D eigenvalue weighted by Gasteiger charge is 2.20. The molecule has 4 heteroatoms. The van der Waals surface area contributed by atoms with Crippen molar-refractivity contribution in [1.29, 1.82) is 0 Å². The average Bonchev–Trinajstić information content (AvgIpc) is 2.95. The van der Waals surface area contributed by atoms with Crippen LogP contribution in [0.4, 0.5) is 0 Å². The number of benzene rings is 1. The van der Waals surface area contributed by atoms with Crippen molar-refractivity contribution in [3.63, 3.8) is 0 Å². The van der Waals surface area contributed by atoms with Gasteiger partial charge in [0, 0.05) is 16.9 Å². The zero-order chi connectivity index (χ0) is 13.4. The van der Waals surface area contributed by atoms with Gasteiger partial charge in [0.15, 0.2) is 0 Å². The lowest BCUT2D eigenvalue weighted by Crippen LogP contribution is -2.14. The molecule has 19 heavy (non-hydrogen) atoms. The second kappa shape index (κ2) is 5.25. The SMILES string of the molecule is CC(C)n1c(CC2CCNC2)nc2cc(Br)ccc21. The topological polar surface area (TPSA) is 29.9 Å². The van der Waals surface area contributed by atoms with Crippen molar-refractivity contribution < 1.29 is 0 Å². The minimum atomic E-state index is 0.454. The number of aromatic nitrogens is 2. The van der Waals surface area contributed by atoms with Crippen molar-refractivity contribution in [2.45, 2.75) is 32.7 Å². The molecule has 1 aromatic heterocycles. The van der Waals surface area contributed by atoms with Crippen LogP contribution in [0.25, 0.3) is 11.0 Å². The van der Waals surface area contributed by atoms with Gasteiger partial charge in [-0.05, 0) is 57.5 Å². The van der Waals surface area contributed by atoms with Crippen LogP contribution in [0.15, 0.2) is 22.7 Å². The fraction of sp³-hybridized carbons (Fsp3) is 0.533. The lowest BCUT2D eigenvalue weighted by molar-refractivity contribution is 0.514. The minimum absolute atomic E-state index is 0.454. The van der Waals surface area contributed by atoms with Crippen LogP contribution in [0, 0.1) is 5.92 Å². The van der Waals surface area contributed by atoms with Gasteiger partial charge in [-0.2, -0.15) is 0 Å². The van der Waals surface area contributed by atoms with E-state index in [1.165, 1.54) is 17.8 Å². The lowest BCUT2D eigenvalue weighted by atomic mass is 10.0. The van der Waals surface area contributed by atoms with E-state index in [2.05, 4.69) is 57.9 Å². The second-order valence-corrected chi connectivity index (χ2v) is 6.60. The van der Waals surface area contributed by atoms with Gasteiger partial charge in [-0.3, -0.25) is 0 Å². The molecule has 2 heterocycles. The van der Waals surface area contributed by atoms with Crippen molar-refractivity contribution >= 4 is 27.0 Å². The number of nitrogens with zero attached hydrogens (tertiary/aromatic N) is 2. The molecule has 0 aliphatic carbocycles. The van der Waals surface area contributed by atoms with Gasteiger partial charge in [0.05, 0.1) is 11.0 Å². The van der Waals surface area contributed by atoms with Crippen LogP contribution in [0.3, 0.4) is 0 Å². The number of imidazole rings is 1. The molecule has 1 N–H and O–H groups in total. The molecule has 1 fully saturated rings. The Bertz CT molecular complexity index is 582. The Morgan fingerprint density at radius 1 is 1.47 bits per heavy atom. The molecule has 0 saturated carbocycles. The van der Waals surface area contributed by atoms with Gasteiger partial charge in [0.25, 0.3) is 0 Å². The summed E-state index contributed by atoms with van der Waals surface area (Å²) in [6.45, 7) is 6.75. The summed E-state index contributed by atoms with van der Waals surface area (Å²) in [6, 6.07) is 6.84. The molecule has 102 valence electrons. The van der Waals surface area contributed by atoms with E-state index in [-0.39, 0.29) is 0 Å². The lowest BCUT2D eigenvalue weighted by Gasteiger charge is -2.15. The van der Waals surface area contributed by atoms with E-state index >= 15 is 0 Å². The number of hydrogen-bond acceptors (Lipinski definition) is 2. The van der Waals surface area contributed by atoms with E-state index in [1.54, 1.807) is 0 Å². The first kappa shape index (κ1) is 13.1. The molecule has 1 saturated heterocycles. The van der Waals surface area contributed by atoms with Gasteiger partial charge in [-0.25, -0.2) is 4.98 Å². The van der Waals surface area contributed by atoms with Gasteiger partial charge >= 0.3 is 0 Å². The van der Waals surface area contributed by atoms with E-state index in [1.807, 2.05) is 0 Å². The maximum Gasteiger partial charge on any atom is 0.110 e. The van der Waals surface area contributed by atoms with Crippen molar-refractivity contribution in [2.75, 3.05) is 13.1 Å². The monoisotopic (exact) mass is 321 g/mol. The van der Waals surface area contributed by atoms with Crippen LogP contribution < -0.4 is 5.32 Å². The van der Waals surface area contributed by atoms with Crippen LogP contribution in [0.2, 0.25) is 0 Å². The van der Waals surface area contributed by atoms with Gasteiger partial charge in [0.2, 0.25) is 0 Å². The summed E-state index contributed by atoms with van der Waals surface area (Å²) in [4.78, 5) is 4.86. The average molecular weight is 322 g/mol. The number of hydrogen-bond donors (Lipinski definition) is 1. The van der Waals surface area contributed by atoms with Gasteiger partial charge < -0.3 is 9.88 Å². The third kappa shape index (κ3) is 2.56. The summed E-state index contributed by atoms with van der Waals surface area (Å²) in [7, 11) is 0. The van der Waals surface area contributed by atoms with E-state index in [0.29, 0.717) is 6.04 Å². The Morgan fingerprint density at radius 3 is 3.00 bits per heavy atom. The van der Waals surface area contributed by atoms with Gasteiger partial charge in [0.1, 0.15) is 5.82 Å². The Kier molecular flexibility index (Phi) is 3.63. The molecule has 3 rings (SSSR count). The molecule has 1 aliphatic heterocycles. The van der Waals surface area contributed by atoms with Crippen LogP contribution in [-0.4, -0.2) is 22.6 Å². The second-order valence-electron chi connectivity index (χ2n) is 5.69. The molecule has 1 aromatic carbocycles. The Balaban J connectivity index is 2.03. The molecule has 1 atom stereocenters. The van der Waals surface area contributed by atoms with E-state index in [4.69, 9.17) is 4.98 Å². The highest BCUT2D eigenvalue weighted by molar-refractivity contribution is 9.10. The smallest absolute Gasteiger partial charge is 0.110 e. The molecule has 1 unspecified atom stereocenters. The van der Waals surface area contributed by atoms with Crippen LogP contribution >= 0.6 is 15.9 Å². The first-order valence-electron chi connectivity index (χ1n) is 7.02. The summed E-state index contributed by atoms with van der Waals surface area (Å²) < 4.78 is 3.49. The van der Waals surface area contributed by atoms with Gasteiger partial charge in [-0.1, -0.05) is 15.9 Å². The normalized spacial score (nSPS) is 19.7. The molecule has 0 spiro atoms. The zero-order valence-electron chi connectivity index (χ0n) is 11.5. The fourth-order valence-corrected chi connectivity index (χ4v) is 3.34. The van der Waals surface area contributed by atoms with Crippen molar-refractivity contribution in [2.24, 2.45) is 5.92 Å². The van der Waals surface area contributed by atoms with Crippen LogP contribution in [-0.2, 0) is 6.42 Å². The highest BCUT2D eigenvalue weighted by atomic mass is 79.9. The largest absolute Gasteiger partial charge is 0.325 e. The third-order valence-corrected chi connectivity index (χ3v) is 4.37. The maximum atomic E-state index is 4.86. The number of fused-ring (bicyclic) bond motifs is 1. The van der Waals surface area contributed by atoms with Crippen molar-refractivity contribution in [1.82, 2.24) is 14.9 Å². The van der Waals surface area contributed by atoms with E-state index in [9.17, 15) is 0 Å². The molecule has 0 amide bonds. The van der Waals surface area contributed by atoms with Gasteiger partial charge in [-0.15, -0.1) is 0 Å². The number of rotatable bonds is 3. The summed E-state index contributed by atoms with van der Waals surface area (Å²) in [6.07, 6.45) is 2.35. The summed E-state index contributed by atoms with van der Waals surface area (Å²) in [5.74, 6) is 1.97. The summed E-state index contributed by atoms with van der Waals surface area (Å²) >= 11 is 3.53. The highest BCUT2D eigenvalue weighted by Crippen LogP contribution is 2.26. The summed E-state index contributed by atoms with van der Waals surface area (Å²) in [5.41, 5.74) is 2.35. The maximum absolute atomic E-state index is 4.86. The molecular formula is C15H20BrN3. The molecule has 3 nitrogen and oxygen atoms in total. The molecule has 1 aliphatic rings. The van der Waals surface area contributed by atoms with E-state index < -0.39 is 0 Å². The Hall–Kier alpha value is -0.870. The number of nitrogens with one attached hydrogen (secondary N) is 1. The zero-order valence-corrected chi connectivity index (χ0v) is 13.1. The number of halogens is 1. The summed E-state index contributed by atoms with van der Waals surface area (Å²) in [5, 5.41) is 3.44. The molecule has 0 bridgehead atoms. The predicted molar refractivity (Wildman–Crippen MR) is 82.5 cm³/mol. The van der Waals surface area contributed by atoms with Crippen molar-refractivity contribution in [3.05, 3.63) is 28.5 Å². The first-order chi connectivity index (χ1) is 9.15. The fourth-order valence-electron chi connectivity index (χ4n) is 2.99. The van der Waals surface area contributed by atoms with Crippen LogP contribution in [0.1, 0.15) is 32.1 Å². The molecular weight excluding hydrogens is 302 g/mol. The Labute approximate surface area is 122 Å². The Morgan fingerprint density at radius 2 is 2.32 bits per heavy atom. The van der Waals surface area contributed by atoms with Crippen LogP contribution in [0.5, 0.6) is 0 Å². The molecule has 0 radical (unpaired) electrons.